The highest BCUT2D eigenvalue weighted by Gasteiger charge is 2.33. The Balaban J connectivity index is 2.33. The molecule has 8 nitrogen and oxygen atoms in total. The van der Waals surface area contributed by atoms with Crippen LogP contribution >= 0.6 is 0 Å². The number of nitrogens with one attached hydrogen (secondary N) is 2. The van der Waals surface area contributed by atoms with Crippen LogP contribution < -0.4 is 16.2 Å². The number of rotatable bonds is 7. The number of urea groups is 1. The summed E-state index contributed by atoms with van der Waals surface area (Å²) in [5.74, 6) is -1.17. The van der Waals surface area contributed by atoms with Gasteiger partial charge in [0.25, 0.3) is 5.56 Å². The van der Waals surface area contributed by atoms with Crippen LogP contribution in [0, 0.1) is 13.8 Å². The molecule has 1 heterocycles. The first-order valence-corrected chi connectivity index (χ1v) is 12.0. The van der Waals surface area contributed by atoms with Gasteiger partial charge in [-0.3, -0.25) is 4.79 Å². The highest BCUT2D eigenvalue weighted by atomic mass is 16.5. The Kier molecular flexibility index (Phi) is 7.89. The van der Waals surface area contributed by atoms with Gasteiger partial charge in [0.2, 0.25) is 0 Å². The Bertz CT molecular complexity index is 1370. The molecular weight excluding hydrogens is 458 g/mol. The number of ether oxygens (including phenoxy) is 1. The van der Waals surface area contributed by atoms with E-state index in [4.69, 9.17) is 4.74 Å². The molecule has 3 rings (SSSR count). The van der Waals surface area contributed by atoms with Gasteiger partial charge in [-0.1, -0.05) is 30.3 Å². The number of pyridine rings is 1. The van der Waals surface area contributed by atoms with E-state index in [9.17, 15) is 19.5 Å². The first-order chi connectivity index (χ1) is 16.8. The number of carboxylic acids is 1. The fourth-order valence-electron chi connectivity index (χ4n) is 4.18. The van der Waals surface area contributed by atoms with E-state index in [1.54, 1.807) is 33.9 Å². The molecule has 8 heteroatoms. The van der Waals surface area contributed by atoms with Crippen LogP contribution in [0.2, 0.25) is 0 Å². The standard InChI is InChI=1S/C28H35N3O5/c1-8-29-27(35)30-15-18-10-12-20-21(14-18)25(32)31(7)23(24(26(33)34)36-28(4,5)6)22(20)19-11-9-16(2)17(3)13-19/h9-14,24H,8,15H2,1-7H3,(H,33,34)(H2,29,30,35). The van der Waals surface area contributed by atoms with Gasteiger partial charge in [0.05, 0.1) is 11.3 Å². The molecule has 0 fully saturated rings. The monoisotopic (exact) mass is 493 g/mol. The lowest BCUT2D eigenvalue weighted by Gasteiger charge is -2.28. The number of fused-ring (bicyclic) bond motifs is 1. The fraction of sp³-hybridized carbons (Fsp3) is 0.393. The maximum absolute atomic E-state index is 13.6. The molecule has 3 aromatic rings. The van der Waals surface area contributed by atoms with Crippen LogP contribution in [-0.4, -0.2) is 33.8 Å². The van der Waals surface area contributed by atoms with Crippen LogP contribution in [0.25, 0.3) is 21.9 Å². The maximum Gasteiger partial charge on any atom is 0.339 e. The lowest BCUT2D eigenvalue weighted by Crippen LogP contribution is -2.34. The Morgan fingerprint density at radius 2 is 1.72 bits per heavy atom. The number of nitrogens with zero attached hydrogens (tertiary/aromatic N) is 1. The first kappa shape index (κ1) is 26.9. The Hall–Kier alpha value is -3.65. The second kappa shape index (κ2) is 10.5. The van der Waals surface area contributed by atoms with Gasteiger partial charge in [-0.15, -0.1) is 0 Å². The van der Waals surface area contributed by atoms with E-state index in [2.05, 4.69) is 10.6 Å². The van der Waals surface area contributed by atoms with Crippen molar-refractivity contribution in [1.82, 2.24) is 15.2 Å². The average molecular weight is 494 g/mol. The molecule has 0 radical (unpaired) electrons. The Morgan fingerprint density at radius 1 is 1.03 bits per heavy atom. The molecule has 36 heavy (non-hydrogen) atoms. The van der Waals surface area contributed by atoms with Gasteiger partial charge in [0.15, 0.2) is 6.10 Å². The summed E-state index contributed by atoms with van der Waals surface area (Å²) in [6.45, 7) is 11.9. The minimum atomic E-state index is -1.36. The van der Waals surface area contributed by atoms with Crippen LogP contribution in [0.1, 0.15) is 56.2 Å². The molecule has 0 aliphatic heterocycles. The molecule has 0 aliphatic carbocycles. The van der Waals surface area contributed by atoms with Crippen molar-refractivity contribution in [2.24, 2.45) is 7.05 Å². The molecule has 0 saturated carbocycles. The highest BCUT2D eigenvalue weighted by Crippen LogP contribution is 2.37. The summed E-state index contributed by atoms with van der Waals surface area (Å²) < 4.78 is 7.36. The number of aliphatic carboxylic acids is 1. The zero-order chi connectivity index (χ0) is 26.8. The number of hydrogen-bond donors (Lipinski definition) is 3. The second-order valence-electron chi connectivity index (χ2n) is 9.96. The zero-order valence-corrected chi connectivity index (χ0v) is 22.0. The number of hydrogen-bond acceptors (Lipinski definition) is 4. The third kappa shape index (κ3) is 5.76. The largest absolute Gasteiger partial charge is 0.479 e. The third-order valence-electron chi connectivity index (χ3n) is 6.04. The van der Waals surface area contributed by atoms with Crippen LogP contribution in [0.3, 0.4) is 0 Å². The van der Waals surface area contributed by atoms with Crippen LogP contribution in [0.5, 0.6) is 0 Å². The molecule has 2 aromatic carbocycles. The molecule has 192 valence electrons. The molecule has 0 aliphatic rings. The predicted molar refractivity (Wildman–Crippen MR) is 141 cm³/mol. The quantitative estimate of drug-likeness (QED) is 0.446. The van der Waals surface area contributed by atoms with Crippen molar-refractivity contribution in [2.45, 2.75) is 59.8 Å². The average Bonchev–Trinajstić information content (AvgIpc) is 2.80. The number of carbonyl (C=O) groups excluding carboxylic acids is 1. The Labute approximate surface area is 211 Å². The molecule has 0 spiro atoms. The molecule has 1 atom stereocenters. The molecular formula is C28H35N3O5. The SMILES string of the molecule is CCNC(=O)NCc1ccc2c(-c3ccc(C)c(C)c3)c(C(OC(C)(C)C)C(=O)O)n(C)c(=O)c2c1. The number of benzene rings is 2. The minimum Gasteiger partial charge on any atom is -0.479 e. The highest BCUT2D eigenvalue weighted by molar-refractivity contribution is 5.99. The van der Waals surface area contributed by atoms with Gasteiger partial charge in [0, 0.05) is 31.1 Å². The number of carboxylic acid groups (broad SMARTS) is 1. The number of aromatic nitrogens is 1. The van der Waals surface area contributed by atoms with Crippen molar-refractivity contribution in [3.63, 3.8) is 0 Å². The summed E-state index contributed by atoms with van der Waals surface area (Å²) in [6.07, 6.45) is -1.36. The predicted octanol–water partition coefficient (Wildman–Crippen LogP) is 4.58. The van der Waals surface area contributed by atoms with E-state index in [0.29, 0.717) is 22.9 Å². The topological polar surface area (TPSA) is 110 Å². The van der Waals surface area contributed by atoms with Crippen LogP contribution in [0.15, 0.2) is 41.2 Å². The van der Waals surface area contributed by atoms with Gasteiger partial charge in [-0.25, -0.2) is 9.59 Å². The van der Waals surface area contributed by atoms with Gasteiger partial charge in [0.1, 0.15) is 0 Å². The summed E-state index contributed by atoms with van der Waals surface area (Å²) in [7, 11) is 1.57. The van der Waals surface area contributed by atoms with Gasteiger partial charge in [-0.2, -0.15) is 0 Å². The van der Waals surface area contributed by atoms with E-state index in [0.717, 1.165) is 22.3 Å². The second-order valence-corrected chi connectivity index (χ2v) is 9.96. The van der Waals surface area contributed by atoms with Crippen molar-refractivity contribution >= 4 is 22.8 Å². The van der Waals surface area contributed by atoms with Gasteiger partial charge < -0.3 is 25.0 Å². The summed E-state index contributed by atoms with van der Waals surface area (Å²) in [6, 6.07) is 11.0. The lowest BCUT2D eigenvalue weighted by atomic mass is 9.91. The van der Waals surface area contributed by atoms with E-state index >= 15 is 0 Å². The van der Waals surface area contributed by atoms with E-state index in [-0.39, 0.29) is 23.8 Å². The van der Waals surface area contributed by atoms with Crippen molar-refractivity contribution in [1.29, 1.82) is 0 Å². The Morgan fingerprint density at radius 3 is 2.31 bits per heavy atom. The van der Waals surface area contributed by atoms with E-state index in [1.165, 1.54) is 4.57 Å². The first-order valence-electron chi connectivity index (χ1n) is 12.0. The summed E-state index contributed by atoms with van der Waals surface area (Å²) in [5.41, 5.74) is 3.53. The molecule has 1 aromatic heterocycles. The van der Waals surface area contributed by atoms with Crippen molar-refractivity contribution in [2.75, 3.05) is 6.54 Å². The van der Waals surface area contributed by atoms with Gasteiger partial charge in [-0.05, 0) is 75.2 Å². The van der Waals surface area contributed by atoms with Crippen molar-refractivity contribution < 1.29 is 19.4 Å². The molecule has 1 unspecified atom stereocenters. The lowest BCUT2D eigenvalue weighted by molar-refractivity contribution is -0.161. The maximum atomic E-state index is 13.6. The molecule has 0 bridgehead atoms. The number of aryl methyl sites for hydroxylation is 2. The molecule has 2 amide bonds. The fourth-order valence-corrected chi connectivity index (χ4v) is 4.18. The van der Waals surface area contributed by atoms with Gasteiger partial charge >= 0.3 is 12.0 Å². The number of carbonyl (C=O) groups is 2. The van der Waals surface area contributed by atoms with E-state index in [1.807, 2.05) is 51.1 Å². The summed E-state index contributed by atoms with van der Waals surface area (Å²) >= 11 is 0. The molecule has 3 N–H and O–H groups in total. The third-order valence-corrected chi connectivity index (χ3v) is 6.04. The van der Waals surface area contributed by atoms with Crippen LogP contribution in [-0.2, 0) is 23.1 Å². The summed E-state index contributed by atoms with van der Waals surface area (Å²) in [4.78, 5) is 37.8. The van der Waals surface area contributed by atoms with Crippen LogP contribution in [0.4, 0.5) is 4.79 Å². The molecule has 0 saturated heterocycles. The zero-order valence-electron chi connectivity index (χ0n) is 22.0. The minimum absolute atomic E-state index is 0.247. The van der Waals surface area contributed by atoms with Crippen molar-refractivity contribution in [3.05, 3.63) is 69.1 Å². The van der Waals surface area contributed by atoms with E-state index < -0.39 is 17.7 Å². The normalized spacial score (nSPS) is 12.4. The smallest absolute Gasteiger partial charge is 0.339 e. The van der Waals surface area contributed by atoms with Crippen molar-refractivity contribution in [3.8, 4) is 11.1 Å². The summed E-state index contributed by atoms with van der Waals surface area (Å²) in [5, 5.41) is 16.7. The number of amides is 2.